The van der Waals surface area contributed by atoms with E-state index in [0.717, 1.165) is 23.9 Å². The van der Waals surface area contributed by atoms with Gasteiger partial charge in [-0.2, -0.15) is 0 Å². The van der Waals surface area contributed by atoms with E-state index >= 15 is 0 Å². The van der Waals surface area contributed by atoms with Crippen molar-refractivity contribution in [3.05, 3.63) is 16.1 Å². The molecule has 0 saturated heterocycles. The minimum atomic E-state index is -0.0205. The summed E-state index contributed by atoms with van der Waals surface area (Å²) in [4.78, 5) is 20.8. The molecule has 1 aromatic rings. The number of carbonyl (C=O) groups is 1. The van der Waals surface area contributed by atoms with Crippen LogP contribution in [0.15, 0.2) is 11.2 Å². The fourth-order valence-corrected chi connectivity index (χ4v) is 2.32. The lowest BCUT2D eigenvalue weighted by molar-refractivity contribution is -0.118. The van der Waals surface area contributed by atoms with Crippen molar-refractivity contribution < 1.29 is 4.79 Å². The Hall–Kier alpha value is -1.63. The average molecular weight is 297 g/mol. The van der Waals surface area contributed by atoms with Gasteiger partial charge in [-0.25, -0.2) is 4.98 Å². The Kier molecular flexibility index (Phi) is 7.64. The van der Waals surface area contributed by atoms with E-state index in [-0.39, 0.29) is 5.91 Å². The summed E-state index contributed by atoms with van der Waals surface area (Å²) in [7, 11) is 0. The van der Waals surface area contributed by atoms with Gasteiger partial charge in [0.15, 0.2) is 5.96 Å². The molecule has 0 bridgehead atoms. The summed E-state index contributed by atoms with van der Waals surface area (Å²) in [5.41, 5.74) is 0. The first-order valence-electron chi connectivity index (χ1n) is 6.79. The van der Waals surface area contributed by atoms with Gasteiger partial charge in [-0.3, -0.25) is 9.79 Å². The average Bonchev–Trinajstić information content (AvgIpc) is 2.80. The van der Waals surface area contributed by atoms with E-state index in [1.807, 2.05) is 13.1 Å². The minimum Gasteiger partial charge on any atom is -0.357 e. The Morgan fingerprint density at radius 3 is 2.70 bits per heavy atom. The van der Waals surface area contributed by atoms with Crippen molar-refractivity contribution in [2.75, 3.05) is 26.2 Å². The Morgan fingerprint density at radius 1 is 1.35 bits per heavy atom. The Labute approximate surface area is 124 Å². The number of carbonyl (C=O) groups excluding carboxylic acids is 1. The number of nitrogens with one attached hydrogen (secondary N) is 3. The van der Waals surface area contributed by atoms with Crippen molar-refractivity contribution in [1.29, 1.82) is 0 Å². The summed E-state index contributed by atoms with van der Waals surface area (Å²) in [6.45, 7) is 8.33. The Bertz CT molecular complexity index is 444. The zero-order valence-corrected chi connectivity index (χ0v) is 13.1. The zero-order valence-electron chi connectivity index (χ0n) is 12.3. The molecule has 1 aromatic heterocycles. The maximum Gasteiger partial charge on any atom is 0.216 e. The van der Waals surface area contributed by atoms with Crippen LogP contribution in [0.1, 0.15) is 23.7 Å². The molecule has 7 heteroatoms. The molecule has 0 aliphatic heterocycles. The van der Waals surface area contributed by atoms with Crippen molar-refractivity contribution in [3.8, 4) is 0 Å². The topological polar surface area (TPSA) is 78.4 Å². The third-order valence-electron chi connectivity index (χ3n) is 2.40. The number of nitrogens with zero attached hydrogens (tertiary/aromatic N) is 2. The van der Waals surface area contributed by atoms with Crippen LogP contribution in [0.3, 0.4) is 0 Å². The molecule has 0 fully saturated rings. The summed E-state index contributed by atoms with van der Waals surface area (Å²) in [6.07, 6.45) is 2.74. The number of hydrogen-bond acceptors (Lipinski definition) is 4. The third-order valence-corrected chi connectivity index (χ3v) is 3.37. The van der Waals surface area contributed by atoms with Crippen LogP contribution in [0, 0.1) is 6.92 Å². The third kappa shape index (κ3) is 7.08. The van der Waals surface area contributed by atoms with Crippen LogP contribution >= 0.6 is 11.3 Å². The molecule has 20 heavy (non-hydrogen) atoms. The van der Waals surface area contributed by atoms with E-state index in [4.69, 9.17) is 0 Å². The van der Waals surface area contributed by atoms with Crippen LogP contribution in [0.4, 0.5) is 0 Å². The summed E-state index contributed by atoms with van der Waals surface area (Å²) < 4.78 is 0. The molecule has 1 heterocycles. The van der Waals surface area contributed by atoms with E-state index in [1.165, 1.54) is 11.8 Å². The van der Waals surface area contributed by atoms with Crippen molar-refractivity contribution in [2.24, 2.45) is 4.99 Å². The number of amides is 1. The van der Waals surface area contributed by atoms with E-state index in [2.05, 4.69) is 32.9 Å². The second-order valence-electron chi connectivity index (χ2n) is 4.29. The van der Waals surface area contributed by atoms with Crippen molar-refractivity contribution >= 4 is 23.2 Å². The fraction of sp³-hybridized carbons (Fsp3) is 0.615. The quantitative estimate of drug-likeness (QED) is 0.393. The molecule has 0 aliphatic carbocycles. The van der Waals surface area contributed by atoms with E-state index in [0.29, 0.717) is 19.6 Å². The maximum absolute atomic E-state index is 10.8. The molecule has 1 rings (SSSR count). The number of aryl methyl sites for hydroxylation is 1. The lowest BCUT2D eigenvalue weighted by Crippen LogP contribution is -2.41. The van der Waals surface area contributed by atoms with E-state index in [1.54, 1.807) is 11.3 Å². The molecule has 1 amide bonds. The van der Waals surface area contributed by atoms with E-state index < -0.39 is 0 Å². The van der Waals surface area contributed by atoms with Gasteiger partial charge in [-0.15, -0.1) is 11.3 Å². The van der Waals surface area contributed by atoms with Gasteiger partial charge < -0.3 is 16.0 Å². The summed E-state index contributed by atoms with van der Waals surface area (Å²) >= 11 is 1.71. The number of hydrogen-bond donors (Lipinski definition) is 3. The number of aliphatic imine (C=N–C) groups is 1. The fourth-order valence-electron chi connectivity index (χ4n) is 1.54. The van der Waals surface area contributed by atoms with Gasteiger partial charge in [0.25, 0.3) is 0 Å². The predicted octanol–water partition coefficient (Wildman–Crippen LogP) is 0.685. The molecule has 0 aliphatic rings. The van der Waals surface area contributed by atoms with Crippen molar-refractivity contribution in [1.82, 2.24) is 20.9 Å². The molecular weight excluding hydrogens is 274 g/mol. The second kappa shape index (κ2) is 9.30. The molecule has 6 nitrogen and oxygen atoms in total. The molecule has 0 aromatic carbocycles. The first kappa shape index (κ1) is 16.4. The highest BCUT2D eigenvalue weighted by molar-refractivity contribution is 7.11. The highest BCUT2D eigenvalue weighted by Gasteiger charge is 2.00. The molecule has 0 saturated carbocycles. The van der Waals surface area contributed by atoms with Crippen LogP contribution in [-0.4, -0.2) is 43.0 Å². The SMILES string of the molecule is CCNC(=NCCc1ncc(C)s1)NCCNC(C)=O. The number of thiazole rings is 1. The first-order chi connectivity index (χ1) is 9.61. The summed E-state index contributed by atoms with van der Waals surface area (Å²) in [5.74, 6) is 0.749. The minimum absolute atomic E-state index is 0.0205. The summed E-state index contributed by atoms with van der Waals surface area (Å²) in [5, 5.41) is 10.2. The number of aromatic nitrogens is 1. The highest BCUT2D eigenvalue weighted by Crippen LogP contribution is 2.11. The lowest BCUT2D eigenvalue weighted by Gasteiger charge is -2.11. The lowest BCUT2D eigenvalue weighted by atomic mass is 10.4. The molecule has 112 valence electrons. The first-order valence-corrected chi connectivity index (χ1v) is 7.61. The highest BCUT2D eigenvalue weighted by atomic mass is 32.1. The number of rotatable bonds is 7. The van der Waals surface area contributed by atoms with Crippen LogP contribution in [0.5, 0.6) is 0 Å². The van der Waals surface area contributed by atoms with Crippen LogP contribution in [0.25, 0.3) is 0 Å². The number of guanidine groups is 1. The molecule has 0 atom stereocenters. The smallest absolute Gasteiger partial charge is 0.216 e. The van der Waals surface area contributed by atoms with Crippen molar-refractivity contribution in [2.45, 2.75) is 27.2 Å². The standard InChI is InChI=1S/C13H23N5OS/c1-4-14-13(17-8-7-15-11(3)19)16-6-5-12-18-9-10(2)20-12/h9H,4-8H2,1-3H3,(H,15,19)(H2,14,16,17). The van der Waals surface area contributed by atoms with Crippen molar-refractivity contribution in [3.63, 3.8) is 0 Å². The molecule has 0 spiro atoms. The monoisotopic (exact) mass is 297 g/mol. The molecule has 0 radical (unpaired) electrons. The zero-order chi connectivity index (χ0) is 14.8. The Morgan fingerprint density at radius 2 is 2.10 bits per heavy atom. The van der Waals surface area contributed by atoms with Gasteiger partial charge in [0, 0.05) is 50.6 Å². The maximum atomic E-state index is 10.8. The largest absolute Gasteiger partial charge is 0.357 e. The summed E-state index contributed by atoms with van der Waals surface area (Å²) in [6, 6.07) is 0. The molecule has 0 unspecified atom stereocenters. The molecular formula is C13H23N5OS. The normalized spacial score (nSPS) is 11.2. The second-order valence-corrected chi connectivity index (χ2v) is 5.60. The van der Waals surface area contributed by atoms with E-state index in [9.17, 15) is 4.79 Å². The predicted molar refractivity (Wildman–Crippen MR) is 83.2 cm³/mol. The van der Waals surface area contributed by atoms with Gasteiger partial charge in [0.2, 0.25) is 5.91 Å². The van der Waals surface area contributed by atoms with Crippen LogP contribution in [0.2, 0.25) is 0 Å². The molecule has 3 N–H and O–H groups in total. The van der Waals surface area contributed by atoms with Gasteiger partial charge >= 0.3 is 0 Å². The van der Waals surface area contributed by atoms with Crippen LogP contribution in [-0.2, 0) is 11.2 Å². The van der Waals surface area contributed by atoms with Gasteiger partial charge in [-0.05, 0) is 13.8 Å². The van der Waals surface area contributed by atoms with Gasteiger partial charge in [-0.1, -0.05) is 0 Å². The van der Waals surface area contributed by atoms with Gasteiger partial charge in [0.05, 0.1) is 5.01 Å². The van der Waals surface area contributed by atoms with Crippen LogP contribution < -0.4 is 16.0 Å². The Balaban J connectivity index is 2.32. The van der Waals surface area contributed by atoms with Gasteiger partial charge in [0.1, 0.15) is 0 Å².